The Morgan fingerprint density at radius 1 is 1.24 bits per heavy atom. The maximum atomic E-state index is 13.4. The molecule has 0 fully saturated rings. The van der Waals surface area contributed by atoms with E-state index in [1.807, 2.05) is 0 Å². The average Bonchev–Trinajstić information content (AvgIpc) is 2.98. The molecule has 0 atom stereocenters. The second-order valence-electron chi connectivity index (χ2n) is 4.38. The van der Waals surface area contributed by atoms with Crippen LogP contribution in [0, 0.1) is 11.6 Å². The van der Waals surface area contributed by atoms with Gasteiger partial charge in [0.2, 0.25) is 0 Å². The van der Waals surface area contributed by atoms with E-state index in [9.17, 15) is 13.6 Å². The quantitative estimate of drug-likeness (QED) is 0.681. The van der Waals surface area contributed by atoms with Crippen molar-refractivity contribution in [1.29, 1.82) is 0 Å². The molecule has 21 heavy (non-hydrogen) atoms. The van der Waals surface area contributed by atoms with E-state index in [-0.39, 0.29) is 5.69 Å². The summed E-state index contributed by atoms with van der Waals surface area (Å²) in [6, 6.07) is 7.01. The standard InChI is InChI=1S/C15H10F2N2O2/c1-21-15(20)14-12-3-2-6-19(12)13(8-18-14)9-4-5-10(16)11(17)7-9/h2-8H,1H3. The number of aromatic nitrogens is 2. The summed E-state index contributed by atoms with van der Waals surface area (Å²) in [6.45, 7) is 0. The molecule has 0 N–H and O–H groups in total. The van der Waals surface area contributed by atoms with Gasteiger partial charge in [-0.2, -0.15) is 0 Å². The van der Waals surface area contributed by atoms with Gasteiger partial charge in [-0.05, 0) is 30.3 Å². The minimum atomic E-state index is -0.940. The van der Waals surface area contributed by atoms with Gasteiger partial charge in [0.25, 0.3) is 0 Å². The SMILES string of the molecule is COC(=O)c1ncc(-c2ccc(F)c(F)c2)n2cccc12. The van der Waals surface area contributed by atoms with E-state index in [1.54, 1.807) is 22.7 Å². The summed E-state index contributed by atoms with van der Waals surface area (Å²) in [5, 5.41) is 0. The predicted octanol–water partition coefficient (Wildman–Crippen LogP) is 3.07. The molecule has 0 aliphatic carbocycles. The first-order valence-corrected chi connectivity index (χ1v) is 6.11. The van der Waals surface area contributed by atoms with Crippen molar-refractivity contribution < 1.29 is 18.3 Å². The molecule has 0 saturated heterocycles. The summed E-state index contributed by atoms with van der Waals surface area (Å²) in [4.78, 5) is 15.7. The number of hydrogen-bond acceptors (Lipinski definition) is 3. The second-order valence-corrected chi connectivity index (χ2v) is 4.38. The molecule has 0 unspecified atom stereocenters. The van der Waals surface area contributed by atoms with Crippen LogP contribution in [0.3, 0.4) is 0 Å². The largest absolute Gasteiger partial charge is 0.464 e. The van der Waals surface area contributed by atoms with Gasteiger partial charge in [0, 0.05) is 11.8 Å². The first-order valence-electron chi connectivity index (χ1n) is 6.11. The molecule has 0 saturated carbocycles. The molecular weight excluding hydrogens is 278 g/mol. The molecule has 2 heterocycles. The minimum absolute atomic E-state index is 0.161. The molecule has 0 aliphatic rings. The van der Waals surface area contributed by atoms with Crippen molar-refractivity contribution >= 4 is 11.5 Å². The number of hydrogen-bond donors (Lipinski definition) is 0. The van der Waals surface area contributed by atoms with Crippen LogP contribution in [0.2, 0.25) is 0 Å². The number of methoxy groups -OCH3 is 1. The fourth-order valence-corrected chi connectivity index (χ4v) is 2.16. The van der Waals surface area contributed by atoms with Crippen LogP contribution in [-0.2, 0) is 4.74 Å². The lowest BCUT2D eigenvalue weighted by molar-refractivity contribution is 0.0596. The fourth-order valence-electron chi connectivity index (χ4n) is 2.16. The lowest BCUT2D eigenvalue weighted by Crippen LogP contribution is -2.07. The molecule has 3 rings (SSSR count). The van der Waals surface area contributed by atoms with Gasteiger partial charge in [0.15, 0.2) is 17.3 Å². The Kier molecular flexibility index (Phi) is 3.13. The topological polar surface area (TPSA) is 43.6 Å². The van der Waals surface area contributed by atoms with Crippen molar-refractivity contribution in [2.24, 2.45) is 0 Å². The van der Waals surface area contributed by atoms with E-state index < -0.39 is 17.6 Å². The first-order chi connectivity index (χ1) is 10.1. The highest BCUT2D eigenvalue weighted by Crippen LogP contribution is 2.24. The average molecular weight is 288 g/mol. The number of halogens is 2. The lowest BCUT2D eigenvalue weighted by Gasteiger charge is -2.09. The summed E-state index contributed by atoms with van der Waals surface area (Å²) in [5.41, 5.74) is 1.69. The van der Waals surface area contributed by atoms with Crippen molar-refractivity contribution in [3.8, 4) is 11.3 Å². The van der Waals surface area contributed by atoms with Crippen LogP contribution in [0.5, 0.6) is 0 Å². The first kappa shape index (κ1) is 13.2. The van der Waals surface area contributed by atoms with Gasteiger partial charge >= 0.3 is 5.97 Å². The Labute approximate surface area is 118 Å². The molecule has 106 valence electrons. The van der Waals surface area contributed by atoms with E-state index in [2.05, 4.69) is 9.72 Å². The van der Waals surface area contributed by atoms with Crippen molar-refractivity contribution in [1.82, 2.24) is 9.38 Å². The van der Waals surface area contributed by atoms with Crippen LogP contribution >= 0.6 is 0 Å². The number of carbonyl (C=O) groups excluding carboxylic acids is 1. The molecule has 3 aromatic rings. The van der Waals surface area contributed by atoms with Crippen LogP contribution < -0.4 is 0 Å². The summed E-state index contributed by atoms with van der Waals surface area (Å²) in [6.07, 6.45) is 3.13. The van der Waals surface area contributed by atoms with Crippen LogP contribution in [0.15, 0.2) is 42.7 Å². The highest BCUT2D eigenvalue weighted by atomic mass is 19.2. The molecule has 0 spiro atoms. The van der Waals surface area contributed by atoms with E-state index in [4.69, 9.17) is 0 Å². The summed E-state index contributed by atoms with van der Waals surface area (Å²) >= 11 is 0. The van der Waals surface area contributed by atoms with Gasteiger partial charge in [-0.15, -0.1) is 0 Å². The molecule has 2 aromatic heterocycles. The molecular formula is C15H10F2N2O2. The third-order valence-electron chi connectivity index (χ3n) is 3.16. The van der Waals surface area contributed by atoms with Gasteiger partial charge in [0.05, 0.1) is 24.5 Å². The monoisotopic (exact) mass is 288 g/mol. The Bertz CT molecular complexity index is 843. The van der Waals surface area contributed by atoms with Gasteiger partial charge in [0.1, 0.15) is 0 Å². The van der Waals surface area contributed by atoms with E-state index in [1.165, 1.54) is 19.4 Å². The van der Waals surface area contributed by atoms with Crippen LogP contribution in [0.4, 0.5) is 8.78 Å². The Morgan fingerprint density at radius 2 is 2.05 bits per heavy atom. The van der Waals surface area contributed by atoms with Crippen LogP contribution in [0.25, 0.3) is 16.8 Å². The maximum absolute atomic E-state index is 13.4. The van der Waals surface area contributed by atoms with Crippen LogP contribution in [-0.4, -0.2) is 22.5 Å². The Hall–Kier alpha value is -2.76. The van der Waals surface area contributed by atoms with Gasteiger partial charge < -0.3 is 9.14 Å². The van der Waals surface area contributed by atoms with Gasteiger partial charge in [-0.3, -0.25) is 0 Å². The molecule has 1 aromatic carbocycles. The Morgan fingerprint density at radius 3 is 2.76 bits per heavy atom. The molecule has 4 nitrogen and oxygen atoms in total. The van der Waals surface area contributed by atoms with E-state index in [0.717, 1.165) is 12.1 Å². The molecule has 0 radical (unpaired) electrons. The van der Waals surface area contributed by atoms with Crippen molar-refractivity contribution in [3.05, 3.63) is 60.1 Å². The number of rotatable bonds is 2. The zero-order valence-corrected chi connectivity index (χ0v) is 11.0. The van der Waals surface area contributed by atoms with Gasteiger partial charge in [-0.25, -0.2) is 18.6 Å². The third-order valence-corrected chi connectivity index (χ3v) is 3.16. The number of carbonyl (C=O) groups is 1. The summed E-state index contributed by atoms with van der Waals surface area (Å²) in [7, 11) is 1.27. The molecule has 0 bridgehead atoms. The van der Waals surface area contributed by atoms with Gasteiger partial charge in [-0.1, -0.05) is 0 Å². The molecule has 0 amide bonds. The summed E-state index contributed by atoms with van der Waals surface area (Å²) in [5.74, 6) is -2.41. The number of fused-ring (bicyclic) bond motifs is 1. The highest BCUT2D eigenvalue weighted by molar-refractivity contribution is 5.95. The second kappa shape index (κ2) is 4.97. The molecule has 0 aliphatic heterocycles. The van der Waals surface area contributed by atoms with E-state index >= 15 is 0 Å². The lowest BCUT2D eigenvalue weighted by atomic mass is 10.1. The number of benzene rings is 1. The Balaban J connectivity index is 2.23. The van der Waals surface area contributed by atoms with Crippen LogP contribution in [0.1, 0.15) is 10.5 Å². The van der Waals surface area contributed by atoms with E-state index in [0.29, 0.717) is 16.8 Å². The zero-order chi connectivity index (χ0) is 15.0. The summed E-state index contributed by atoms with van der Waals surface area (Å²) < 4.78 is 32.7. The van der Waals surface area contributed by atoms with Crippen molar-refractivity contribution in [2.75, 3.05) is 7.11 Å². The normalized spacial score (nSPS) is 10.8. The highest BCUT2D eigenvalue weighted by Gasteiger charge is 2.16. The van der Waals surface area contributed by atoms with Crippen molar-refractivity contribution in [3.63, 3.8) is 0 Å². The smallest absolute Gasteiger partial charge is 0.358 e. The minimum Gasteiger partial charge on any atom is -0.464 e. The number of nitrogens with zero attached hydrogens (tertiary/aromatic N) is 2. The fraction of sp³-hybridized carbons (Fsp3) is 0.0667. The third kappa shape index (κ3) is 2.14. The zero-order valence-electron chi connectivity index (χ0n) is 11.0. The predicted molar refractivity (Wildman–Crippen MR) is 71.9 cm³/mol. The number of esters is 1. The molecule has 6 heteroatoms. The number of ether oxygens (including phenoxy) is 1. The maximum Gasteiger partial charge on any atom is 0.358 e. The van der Waals surface area contributed by atoms with Crippen molar-refractivity contribution in [2.45, 2.75) is 0 Å².